The van der Waals surface area contributed by atoms with E-state index in [9.17, 15) is 63.6 Å². The highest BCUT2D eigenvalue weighted by molar-refractivity contribution is 7.98. The van der Waals surface area contributed by atoms with Crippen molar-refractivity contribution in [1.29, 1.82) is 0 Å². The molecule has 2 aromatic carbocycles. The topological polar surface area (TPSA) is 423 Å². The maximum Gasteiger partial charge on any atom is 0.326 e. The number of aliphatic imine (C=N–C) groups is 1. The number of carboxylic acids is 2. The Bertz CT molecular complexity index is 2040. The van der Waals surface area contributed by atoms with Crippen molar-refractivity contribution < 1.29 is 63.6 Å². The number of phenols is 1. The molecule has 67 heavy (non-hydrogen) atoms. The second kappa shape index (κ2) is 28.8. The van der Waals surface area contributed by atoms with E-state index in [1.165, 1.54) is 30.8 Å². The van der Waals surface area contributed by atoms with E-state index in [1.807, 2.05) is 0 Å². The molecule has 0 radical (unpaired) electrons. The van der Waals surface area contributed by atoms with Crippen LogP contribution in [0.2, 0.25) is 0 Å². The fourth-order valence-electron chi connectivity index (χ4n) is 6.27. The van der Waals surface area contributed by atoms with E-state index in [0.29, 0.717) is 11.1 Å². The number of carbonyl (C=O) groups excluding carboxylic acids is 7. The van der Waals surface area contributed by atoms with Crippen LogP contribution in [0.1, 0.15) is 56.6 Å². The minimum atomic E-state index is -1.74. The number of amides is 7. The summed E-state index contributed by atoms with van der Waals surface area (Å²) in [6.45, 7) is 1.25. The Morgan fingerprint density at radius 2 is 1.16 bits per heavy atom. The number of aromatic hydroxyl groups is 1. The molecule has 2 aromatic rings. The van der Waals surface area contributed by atoms with Gasteiger partial charge in [0.15, 0.2) is 5.96 Å². The third-order valence-corrected chi connectivity index (χ3v) is 10.5. The predicted octanol–water partition coefficient (Wildman–Crippen LogP) is -3.57. The van der Waals surface area contributed by atoms with Crippen LogP contribution in [0.5, 0.6) is 5.75 Å². The van der Waals surface area contributed by atoms with Crippen LogP contribution in [0.25, 0.3) is 0 Å². The number of hydrogen-bond donors (Lipinski definition) is 14. The van der Waals surface area contributed by atoms with Gasteiger partial charge in [-0.25, -0.2) is 4.79 Å². The number of thioether (sulfide) groups is 1. The summed E-state index contributed by atoms with van der Waals surface area (Å²) < 4.78 is 0. The highest BCUT2D eigenvalue weighted by Crippen LogP contribution is 2.12. The summed E-state index contributed by atoms with van der Waals surface area (Å²) in [6, 6.07) is 3.35. The minimum absolute atomic E-state index is 0.00348. The smallest absolute Gasteiger partial charge is 0.326 e. The molecule has 2 rings (SSSR count). The van der Waals surface area contributed by atoms with E-state index in [0.717, 1.165) is 0 Å². The number of phenolic OH excluding ortho intramolecular Hbond substituents is 1. The molecule has 0 aliphatic rings. The number of aliphatic carboxylic acids is 2. The molecule has 0 aromatic heterocycles. The lowest BCUT2D eigenvalue weighted by atomic mass is 10.0. The van der Waals surface area contributed by atoms with Gasteiger partial charge in [0.1, 0.15) is 42.0 Å². The lowest BCUT2D eigenvalue weighted by Gasteiger charge is -2.28. The number of aliphatic hydroxyl groups excluding tert-OH is 1. The Kier molecular flexibility index (Phi) is 24.1. The molecule has 0 aliphatic carbocycles. The highest BCUT2D eigenvalue weighted by Gasteiger charge is 2.35. The number of nitrogens with zero attached hydrogens (tertiary/aromatic N) is 1. The normalized spacial score (nSPS) is 14.4. The maximum absolute atomic E-state index is 14.0. The van der Waals surface area contributed by atoms with Gasteiger partial charge in [-0.05, 0) is 74.3 Å². The van der Waals surface area contributed by atoms with Crippen molar-refractivity contribution in [3.63, 3.8) is 0 Å². The van der Waals surface area contributed by atoms with Crippen molar-refractivity contribution in [1.82, 2.24) is 31.9 Å². The summed E-state index contributed by atoms with van der Waals surface area (Å²) in [6.07, 6.45) is -2.07. The molecule has 25 heteroatoms. The van der Waals surface area contributed by atoms with Gasteiger partial charge in [0.05, 0.1) is 18.6 Å². The number of benzene rings is 2. The molecular formula is C42H61N11O13S. The second-order valence-electron chi connectivity index (χ2n) is 15.4. The van der Waals surface area contributed by atoms with Crippen molar-refractivity contribution in [2.24, 2.45) is 27.9 Å². The van der Waals surface area contributed by atoms with E-state index in [1.54, 1.807) is 48.7 Å². The molecule has 368 valence electrons. The van der Waals surface area contributed by atoms with E-state index in [4.69, 9.17) is 22.9 Å². The fraction of sp³-hybridized carbons (Fsp3) is 0.476. The van der Waals surface area contributed by atoms with Gasteiger partial charge >= 0.3 is 11.9 Å². The van der Waals surface area contributed by atoms with Crippen LogP contribution in [0.3, 0.4) is 0 Å². The molecule has 0 saturated heterocycles. The molecule has 7 amide bonds. The van der Waals surface area contributed by atoms with Gasteiger partial charge < -0.3 is 75.3 Å². The molecule has 0 aliphatic heterocycles. The first-order valence-corrected chi connectivity index (χ1v) is 22.4. The van der Waals surface area contributed by atoms with Gasteiger partial charge in [0.25, 0.3) is 0 Å². The minimum Gasteiger partial charge on any atom is -0.508 e. The predicted molar refractivity (Wildman–Crippen MR) is 244 cm³/mol. The summed E-state index contributed by atoms with van der Waals surface area (Å²) in [7, 11) is 0. The molecule has 0 fully saturated rings. The fourth-order valence-corrected chi connectivity index (χ4v) is 6.74. The average molecular weight is 960 g/mol. The SMILES string of the molecule is CSCC[C@H](NC(=O)[C@@H](NC(=O)[C@@H](N)Cc1ccc(O)cc1)[C@@H](C)O)C(=O)N[C@@H](CCC(=O)O)C(=O)N[C@@H](Cc1ccccc1)C(=O)N[C@@H](CC(N)=O)C(=O)N[C@@H](CCCN=C(N)N)C(=O)O. The van der Waals surface area contributed by atoms with E-state index >= 15 is 0 Å². The Labute approximate surface area is 390 Å². The van der Waals surface area contributed by atoms with Gasteiger partial charge in [-0.1, -0.05) is 42.5 Å². The van der Waals surface area contributed by atoms with Crippen LogP contribution in [-0.4, -0.2) is 147 Å². The van der Waals surface area contributed by atoms with Crippen LogP contribution in [0, 0.1) is 0 Å². The van der Waals surface area contributed by atoms with Crippen LogP contribution < -0.4 is 54.8 Å². The average Bonchev–Trinajstić information content (AvgIpc) is 3.26. The van der Waals surface area contributed by atoms with Crippen molar-refractivity contribution in [3.05, 3.63) is 65.7 Å². The third-order valence-electron chi connectivity index (χ3n) is 9.83. The van der Waals surface area contributed by atoms with Crippen molar-refractivity contribution >= 4 is 71.0 Å². The zero-order valence-corrected chi connectivity index (χ0v) is 37.8. The highest BCUT2D eigenvalue weighted by atomic mass is 32.2. The number of nitrogens with one attached hydrogen (secondary N) is 6. The molecule has 0 saturated carbocycles. The molecule has 0 heterocycles. The number of aliphatic hydroxyl groups is 1. The Hall–Kier alpha value is -6.99. The number of primary amides is 1. The molecule has 8 atom stereocenters. The Balaban J connectivity index is 2.37. The number of nitrogens with two attached hydrogens (primary N) is 4. The summed E-state index contributed by atoms with van der Waals surface area (Å²) in [5, 5.41) is 53.7. The van der Waals surface area contributed by atoms with Crippen molar-refractivity contribution in [3.8, 4) is 5.75 Å². The van der Waals surface area contributed by atoms with E-state index in [-0.39, 0.29) is 56.1 Å². The third kappa shape index (κ3) is 21.2. The van der Waals surface area contributed by atoms with Gasteiger partial charge in [-0.3, -0.25) is 43.3 Å². The molecule has 0 bridgehead atoms. The van der Waals surface area contributed by atoms with Gasteiger partial charge in [-0.15, -0.1) is 0 Å². The first kappa shape index (κ1) is 56.1. The number of hydrogen-bond acceptors (Lipinski definition) is 14. The second-order valence-corrected chi connectivity index (χ2v) is 16.4. The number of carbonyl (C=O) groups is 9. The lowest BCUT2D eigenvalue weighted by Crippen LogP contribution is -2.61. The first-order chi connectivity index (χ1) is 31.6. The zero-order valence-electron chi connectivity index (χ0n) is 37.0. The quantitative estimate of drug-likeness (QED) is 0.0205. The molecule has 24 nitrogen and oxygen atoms in total. The first-order valence-electron chi connectivity index (χ1n) is 21.0. The number of guanidine groups is 1. The maximum atomic E-state index is 14.0. The van der Waals surface area contributed by atoms with Gasteiger partial charge in [0, 0.05) is 19.4 Å². The van der Waals surface area contributed by atoms with Crippen LogP contribution >= 0.6 is 11.8 Å². The molecule has 0 unspecified atom stereocenters. The van der Waals surface area contributed by atoms with Crippen LogP contribution in [0.4, 0.5) is 0 Å². The summed E-state index contributed by atoms with van der Waals surface area (Å²) in [5.74, 6) is -9.83. The van der Waals surface area contributed by atoms with E-state index in [2.05, 4.69) is 36.9 Å². The van der Waals surface area contributed by atoms with Gasteiger partial charge in [0.2, 0.25) is 41.4 Å². The summed E-state index contributed by atoms with van der Waals surface area (Å²) >= 11 is 1.29. The number of carboxylic acid groups (broad SMARTS) is 2. The number of rotatable bonds is 30. The summed E-state index contributed by atoms with van der Waals surface area (Å²) in [5.41, 5.74) is 23.1. The van der Waals surface area contributed by atoms with Crippen LogP contribution in [-0.2, 0) is 56.0 Å². The van der Waals surface area contributed by atoms with E-state index < -0.39 is 121 Å². The Morgan fingerprint density at radius 1 is 0.642 bits per heavy atom. The van der Waals surface area contributed by atoms with Crippen molar-refractivity contribution in [2.45, 2.75) is 107 Å². The van der Waals surface area contributed by atoms with Crippen molar-refractivity contribution in [2.75, 3.05) is 18.6 Å². The molecule has 18 N–H and O–H groups in total. The van der Waals surface area contributed by atoms with Crippen LogP contribution in [0.15, 0.2) is 59.6 Å². The molecular weight excluding hydrogens is 899 g/mol. The standard InChI is InChI=1S/C42H61N11O13S/c1-22(54)34(53-35(59)26(43)19-24-10-12-25(55)13-11-24)40(64)49-28(16-18-67-2)37(61)48-27(14-15-33(57)58)36(60)51-30(20-23-7-4-3-5-8-23)38(62)52-31(21-32(44)56)39(63)50-29(41(65)66)9-6-17-47-42(45)46/h3-5,7-8,10-13,22,26-31,34,54-55H,6,9,14-21,43H2,1-2H3,(H2,44,56)(H,48,61)(H,49,64)(H,50,63)(H,51,60)(H,52,62)(H,53,59)(H,57,58)(H,65,66)(H4,45,46,47)/t22-,26+,27+,28+,29+,30+,31+,34+/m1/s1. The lowest BCUT2D eigenvalue weighted by molar-refractivity contribution is -0.143. The monoisotopic (exact) mass is 959 g/mol. The largest absolute Gasteiger partial charge is 0.508 e. The summed E-state index contributed by atoms with van der Waals surface area (Å²) in [4.78, 5) is 121. The zero-order chi connectivity index (χ0) is 50.2. The van der Waals surface area contributed by atoms with Gasteiger partial charge in [-0.2, -0.15) is 11.8 Å². The molecule has 0 spiro atoms. The Morgan fingerprint density at radius 3 is 1.72 bits per heavy atom.